The molecule has 0 radical (unpaired) electrons. The molecule has 14 heavy (non-hydrogen) atoms. The van der Waals surface area contributed by atoms with Gasteiger partial charge in [0.25, 0.3) is 0 Å². The minimum absolute atomic E-state index is 0.213. The lowest BCUT2D eigenvalue weighted by Crippen LogP contribution is -2.40. The summed E-state index contributed by atoms with van der Waals surface area (Å²) in [6, 6.07) is 0. The van der Waals surface area contributed by atoms with Crippen LogP contribution in [0.1, 0.15) is 26.2 Å². The molecule has 82 valence electrons. The highest BCUT2D eigenvalue weighted by molar-refractivity contribution is 7.99. The van der Waals surface area contributed by atoms with Gasteiger partial charge in [-0.2, -0.15) is 11.8 Å². The first-order chi connectivity index (χ1) is 6.81. The van der Waals surface area contributed by atoms with E-state index in [2.05, 4.69) is 6.92 Å². The molecule has 3 nitrogen and oxygen atoms in total. The van der Waals surface area contributed by atoms with Gasteiger partial charge in [-0.15, -0.1) is 0 Å². The van der Waals surface area contributed by atoms with Crippen LogP contribution in [0.25, 0.3) is 0 Å². The first-order valence-corrected chi connectivity index (χ1v) is 6.43. The van der Waals surface area contributed by atoms with Crippen LogP contribution in [0.4, 0.5) is 0 Å². The highest BCUT2D eigenvalue weighted by atomic mass is 32.2. The van der Waals surface area contributed by atoms with Crippen molar-refractivity contribution in [1.82, 2.24) is 0 Å². The molecule has 2 saturated heterocycles. The molecule has 0 aliphatic carbocycles. The molecule has 0 aromatic rings. The van der Waals surface area contributed by atoms with Gasteiger partial charge in [0.05, 0.1) is 12.7 Å². The van der Waals surface area contributed by atoms with Gasteiger partial charge in [-0.1, -0.05) is 13.3 Å². The molecule has 1 unspecified atom stereocenters. The highest BCUT2D eigenvalue weighted by Crippen LogP contribution is 2.34. The van der Waals surface area contributed by atoms with Crippen LogP contribution >= 0.6 is 11.8 Å². The molecule has 1 N–H and O–H groups in total. The van der Waals surface area contributed by atoms with Gasteiger partial charge < -0.3 is 14.6 Å². The Hall–Kier alpha value is 0.230. The van der Waals surface area contributed by atoms with Gasteiger partial charge >= 0.3 is 0 Å². The van der Waals surface area contributed by atoms with Crippen molar-refractivity contribution in [2.45, 2.75) is 49.9 Å². The molecule has 2 aliphatic rings. The van der Waals surface area contributed by atoms with Crippen LogP contribution in [0.2, 0.25) is 0 Å². The summed E-state index contributed by atoms with van der Waals surface area (Å²) in [4.78, 5) is 0. The Bertz CT molecular complexity index is 188. The topological polar surface area (TPSA) is 38.7 Å². The van der Waals surface area contributed by atoms with Crippen LogP contribution in [0.3, 0.4) is 0 Å². The third-order valence-electron chi connectivity index (χ3n) is 2.77. The summed E-state index contributed by atoms with van der Waals surface area (Å²) in [5.41, 5.74) is 0. The molecule has 0 aromatic heterocycles. The molecule has 2 heterocycles. The summed E-state index contributed by atoms with van der Waals surface area (Å²) in [6.45, 7) is 2.85. The third-order valence-corrected chi connectivity index (χ3v) is 4.21. The van der Waals surface area contributed by atoms with Gasteiger partial charge in [-0.25, -0.2) is 0 Å². The first-order valence-electron chi connectivity index (χ1n) is 5.38. The van der Waals surface area contributed by atoms with Crippen LogP contribution in [0.5, 0.6) is 0 Å². The van der Waals surface area contributed by atoms with Gasteiger partial charge in [0.2, 0.25) is 0 Å². The van der Waals surface area contributed by atoms with E-state index in [0.29, 0.717) is 11.9 Å². The van der Waals surface area contributed by atoms with Gasteiger partial charge in [0.1, 0.15) is 6.10 Å². The van der Waals surface area contributed by atoms with Crippen molar-refractivity contribution in [1.29, 1.82) is 0 Å². The molecule has 0 spiro atoms. The van der Waals surface area contributed by atoms with Crippen LogP contribution in [-0.2, 0) is 9.47 Å². The van der Waals surface area contributed by atoms with E-state index in [-0.39, 0.29) is 12.4 Å². The lowest BCUT2D eigenvalue weighted by atomic mass is 10.1. The van der Waals surface area contributed by atoms with Crippen molar-refractivity contribution in [3.8, 4) is 0 Å². The average molecular weight is 218 g/mol. The number of hydrogen-bond acceptors (Lipinski definition) is 4. The summed E-state index contributed by atoms with van der Waals surface area (Å²) in [7, 11) is 0. The van der Waals surface area contributed by atoms with Crippen LogP contribution in [-0.4, -0.2) is 41.2 Å². The molecule has 0 amide bonds. The SMILES string of the molecule is CCCCS[C@H]1CC(O)[C@@H]2OC[C@H]1O2. The molecule has 2 bridgehead atoms. The Labute approximate surface area is 89.2 Å². The summed E-state index contributed by atoms with van der Waals surface area (Å²) in [5.74, 6) is 1.17. The summed E-state index contributed by atoms with van der Waals surface area (Å²) >= 11 is 1.92. The third kappa shape index (κ3) is 2.24. The standard InChI is InChI=1S/C10H18O3S/c1-2-3-4-14-9-5-7(11)10-12-6-8(9)13-10/h7-11H,2-6H2,1H3/t7?,8-,9+,10-/m1/s1. The normalized spacial score (nSPS) is 41.6. The minimum Gasteiger partial charge on any atom is -0.388 e. The van der Waals surface area contributed by atoms with E-state index < -0.39 is 6.10 Å². The second kappa shape index (κ2) is 4.84. The predicted molar refractivity (Wildman–Crippen MR) is 56.4 cm³/mol. The summed E-state index contributed by atoms with van der Waals surface area (Å²) < 4.78 is 10.9. The number of thioether (sulfide) groups is 1. The predicted octanol–water partition coefficient (Wildman–Crippen LogP) is 1.39. The Morgan fingerprint density at radius 3 is 3.14 bits per heavy atom. The maximum Gasteiger partial charge on any atom is 0.184 e. The summed E-state index contributed by atoms with van der Waals surface area (Å²) in [5, 5.41) is 10.1. The smallest absolute Gasteiger partial charge is 0.184 e. The lowest BCUT2D eigenvalue weighted by Gasteiger charge is -2.30. The Kier molecular flexibility index (Phi) is 3.71. The fourth-order valence-corrected chi connectivity index (χ4v) is 3.34. The quantitative estimate of drug-likeness (QED) is 0.724. The van der Waals surface area contributed by atoms with Crippen LogP contribution in [0, 0.1) is 0 Å². The van der Waals surface area contributed by atoms with Crippen LogP contribution in [0.15, 0.2) is 0 Å². The minimum atomic E-state index is -0.423. The second-order valence-electron chi connectivity index (χ2n) is 3.94. The lowest BCUT2D eigenvalue weighted by molar-refractivity contribution is -0.150. The van der Waals surface area contributed by atoms with Crippen molar-refractivity contribution in [2.75, 3.05) is 12.4 Å². The average Bonchev–Trinajstić information content (AvgIpc) is 2.60. The van der Waals surface area contributed by atoms with E-state index in [1.165, 1.54) is 18.6 Å². The van der Waals surface area contributed by atoms with Crippen molar-refractivity contribution >= 4 is 11.8 Å². The maximum atomic E-state index is 9.66. The van der Waals surface area contributed by atoms with E-state index in [1.807, 2.05) is 11.8 Å². The molecule has 4 atom stereocenters. The highest BCUT2D eigenvalue weighted by Gasteiger charge is 2.43. The fraction of sp³-hybridized carbons (Fsp3) is 1.00. The Morgan fingerprint density at radius 1 is 1.50 bits per heavy atom. The van der Waals surface area contributed by atoms with E-state index >= 15 is 0 Å². The number of fused-ring (bicyclic) bond motifs is 2. The summed E-state index contributed by atoms with van der Waals surface area (Å²) in [6.07, 6.45) is 2.74. The number of hydrogen-bond donors (Lipinski definition) is 1. The number of ether oxygens (including phenoxy) is 2. The molecular formula is C10H18O3S. The molecule has 0 aromatic carbocycles. The second-order valence-corrected chi connectivity index (χ2v) is 5.29. The number of aliphatic hydroxyl groups is 1. The first kappa shape index (κ1) is 10.7. The number of rotatable bonds is 4. The van der Waals surface area contributed by atoms with Crippen LogP contribution < -0.4 is 0 Å². The zero-order chi connectivity index (χ0) is 9.97. The largest absolute Gasteiger partial charge is 0.388 e. The van der Waals surface area contributed by atoms with Crippen molar-refractivity contribution in [2.24, 2.45) is 0 Å². The molecule has 2 rings (SSSR count). The van der Waals surface area contributed by atoms with E-state index in [0.717, 1.165) is 6.42 Å². The molecule has 4 heteroatoms. The van der Waals surface area contributed by atoms with Crippen molar-refractivity contribution in [3.63, 3.8) is 0 Å². The van der Waals surface area contributed by atoms with Gasteiger partial charge in [0, 0.05) is 5.25 Å². The monoisotopic (exact) mass is 218 g/mol. The van der Waals surface area contributed by atoms with Gasteiger partial charge in [-0.05, 0) is 18.6 Å². The van der Waals surface area contributed by atoms with Gasteiger partial charge in [0.15, 0.2) is 6.29 Å². The molecule has 2 aliphatic heterocycles. The fourth-order valence-electron chi connectivity index (χ4n) is 1.89. The van der Waals surface area contributed by atoms with Gasteiger partial charge in [-0.3, -0.25) is 0 Å². The zero-order valence-corrected chi connectivity index (χ0v) is 9.33. The Morgan fingerprint density at radius 2 is 2.36 bits per heavy atom. The van der Waals surface area contributed by atoms with E-state index in [1.54, 1.807) is 0 Å². The number of unbranched alkanes of at least 4 members (excludes halogenated alkanes) is 1. The number of aliphatic hydroxyl groups excluding tert-OH is 1. The van der Waals surface area contributed by atoms with Crippen molar-refractivity contribution < 1.29 is 14.6 Å². The van der Waals surface area contributed by atoms with E-state index in [9.17, 15) is 5.11 Å². The molecular weight excluding hydrogens is 200 g/mol. The molecule has 2 fully saturated rings. The maximum absolute atomic E-state index is 9.66. The Balaban J connectivity index is 1.80. The zero-order valence-electron chi connectivity index (χ0n) is 8.52. The van der Waals surface area contributed by atoms with Crippen molar-refractivity contribution in [3.05, 3.63) is 0 Å². The van der Waals surface area contributed by atoms with E-state index in [4.69, 9.17) is 9.47 Å². The molecule has 0 saturated carbocycles.